The van der Waals surface area contributed by atoms with Crippen molar-refractivity contribution in [1.29, 1.82) is 0 Å². The molecule has 0 aromatic heterocycles. The van der Waals surface area contributed by atoms with Crippen LogP contribution in [-0.4, -0.2) is 48.9 Å². The topological polar surface area (TPSA) is 23.6 Å². The second-order valence-corrected chi connectivity index (χ2v) is 6.73. The normalized spacial score (nSPS) is 22.0. The van der Waals surface area contributed by atoms with E-state index < -0.39 is 0 Å². The predicted molar refractivity (Wildman–Crippen MR) is 85.2 cm³/mol. The van der Waals surface area contributed by atoms with E-state index in [9.17, 15) is 9.18 Å². The van der Waals surface area contributed by atoms with Crippen LogP contribution in [0.5, 0.6) is 0 Å². The van der Waals surface area contributed by atoms with Gasteiger partial charge in [-0.25, -0.2) is 4.39 Å². The molecule has 2 fully saturated rings. The van der Waals surface area contributed by atoms with E-state index in [2.05, 4.69) is 16.8 Å². The third kappa shape index (κ3) is 3.49. The first-order valence-corrected chi connectivity index (χ1v) is 8.36. The van der Waals surface area contributed by atoms with Crippen LogP contribution in [0, 0.1) is 11.7 Å². The number of hydrogen-bond acceptors (Lipinski definition) is 2. The van der Waals surface area contributed by atoms with Gasteiger partial charge in [0.1, 0.15) is 5.82 Å². The number of nitrogens with zero attached hydrogens (tertiary/aromatic N) is 2. The molecule has 2 heterocycles. The van der Waals surface area contributed by atoms with Crippen molar-refractivity contribution >= 4 is 5.91 Å². The second kappa shape index (κ2) is 6.78. The first kappa shape index (κ1) is 15.5. The Kier molecular flexibility index (Phi) is 4.77. The van der Waals surface area contributed by atoms with E-state index in [1.165, 1.54) is 17.7 Å². The fourth-order valence-corrected chi connectivity index (χ4v) is 3.68. The summed E-state index contributed by atoms with van der Waals surface area (Å²) >= 11 is 0. The third-order valence-corrected chi connectivity index (χ3v) is 5.22. The number of benzene rings is 1. The van der Waals surface area contributed by atoms with Gasteiger partial charge in [-0.05, 0) is 69.4 Å². The Balaban J connectivity index is 1.53. The largest absolute Gasteiger partial charge is 0.342 e. The molecule has 2 saturated heterocycles. The van der Waals surface area contributed by atoms with Crippen molar-refractivity contribution in [3.05, 3.63) is 35.6 Å². The van der Waals surface area contributed by atoms with Gasteiger partial charge in [0.15, 0.2) is 0 Å². The molecule has 4 heteroatoms. The predicted octanol–water partition coefficient (Wildman–Crippen LogP) is 2.87. The molecule has 0 N–H and O–H groups in total. The number of carbonyl (C=O) groups is 1. The number of hydrogen-bond donors (Lipinski definition) is 0. The molecule has 0 radical (unpaired) electrons. The van der Waals surface area contributed by atoms with Gasteiger partial charge in [0.05, 0.1) is 0 Å². The smallest absolute Gasteiger partial charge is 0.225 e. The molecule has 1 amide bonds. The van der Waals surface area contributed by atoms with Crippen LogP contribution in [0.1, 0.15) is 37.2 Å². The van der Waals surface area contributed by atoms with Crippen LogP contribution >= 0.6 is 0 Å². The van der Waals surface area contributed by atoms with E-state index in [4.69, 9.17) is 0 Å². The van der Waals surface area contributed by atoms with Crippen molar-refractivity contribution in [3.63, 3.8) is 0 Å². The summed E-state index contributed by atoms with van der Waals surface area (Å²) < 4.78 is 13.0. The summed E-state index contributed by atoms with van der Waals surface area (Å²) in [7, 11) is 2.12. The Bertz CT molecular complexity index is 500. The molecule has 0 unspecified atom stereocenters. The Morgan fingerprint density at radius 1 is 1.00 bits per heavy atom. The first-order chi connectivity index (χ1) is 10.6. The number of halogens is 1. The van der Waals surface area contributed by atoms with Gasteiger partial charge < -0.3 is 9.80 Å². The lowest BCUT2D eigenvalue weighted by atomic mass is 9.88. The van der Waals surface area contributed by atoms with Crippen LogP contribution in [0.2, 0.25) is 0 Å². The van der Waals surface area contributed by atoms with Gasteiger partial charge in [0, 0.05) is 19.0 Å². The van der Waals surface area contributed by atoms with Crippen LogP contribution in [-0.2, 0) is 4.79 Å². The summed E-state index contributed by atoms with van der Waals surface area (Å²) in [5.74, 6) is 0.852. The quantitative estimate of drug-likeness (QED) is 0.839. The summed E-state index contributed by atoms with van der Waals surface area (Å²) in [6, 6.07) is 6.83. The van der Waals surface area contributed by atoms with Crippen LogP contribution in [0.4, 0.5) is 4.39 Å². The minimum Gasteiger partial charge on any atom is -0.342 e. The maximum Gasteiger partial charge on any atom is 0.225 e. The zero-order valence-electron chi connectivity index (χ0n) is 13.3. The van der Waals surface area contributed by atoms with E-state index >= 15 is 0 Å². The summed E-state index contributed by atoms with van der Waals surface area (Å²) in [6.07, 6.45) is 3.97. The second-order valence-electron chi connectivity index (χ2n) is 6.73. The fourth-order valence-electron chi connectivity index (χ4n) is 3.68. The molecule has 2 aliphatic rings. The van der Waals surface area contributed by atoms with Crippen molar-refractivity contribution in [3.8, 4) is 0 Å². The molecule has 3 nitrogen and oxygen atoms in total. The molecule has 120 valence electrons. The minimum atomic E-state index is -0.182. The number of carbonyl (C=O) groups excluding carboxylic acids is 1. The van der Waals surface area contributed by atoms with E-state index in [-0.39, 0.29) is 11.7 Å². The molecule has 3 rings (SSSR count). The van der Waals surface area contributed by atoms with Gasteiger partial charge in [0.2, 0.25) is 5.91 Å². The maximum atomic E-state index is 13.0. The van der Waals surface area contributed by atoms with E-state index in [0.29, 0.717) is 11.8 Å². The highest BCUT2D eigenvalue weighted by molar-refractivity contribution is 5.79. The molecule has 1 aromatic rings. The van der Waals surface area contributed by atoms with Gasteiger partial charge in [0.25, 0.3) is 0 Å². The lowest BCUT2D eigenvalue weighted by molar-refractivity contribution is -0.138. The molecular formula is C18H25FN2O. The number of likely N-dealkylation sites (tertiary alicyclic amines) is 2. The zero-order valence-corrected chi connectivity index (χ0v) is 13.3. The van der Waals surface area contributed by atoms with Gasteiger partial charge in [-0.1, -0.05) is 12.1 Å². The number of rotatable bonds is 2. The molecule has 2 aliphatic heterocycles. The maximum absolute atomic E-state index is 13.0. The van der Waals surface area contributed by atoms with Crippen molar-refractivity contribution < 1.29 is 9.18 Å². The molecule has 1 aromatic carbocycles. The van der Waals surface area contributed by atoms with E-state index in [0.717, 1.165) is 51.9 Å². The Morgan fingerprint density at radius 2 is 1.59 bits per heavy atom. The Labute approximate surface area is 132 Å². The minimum absolute atomic E-state index is 0.182. The van der Waals surface area contributed by atoms with Crippen molar-refractivity contribution in [2.45, 2.75) is 31.6 Å². The highest BCUT2D eigenvalue weighted by atomic mass is 19.1. The van der Waals surface area contributed by atoms with Crippen LogP contribution in [0.15, 0.2) is 24.3 Å². The zero-order chi connectivity index (χ0) is 15.5. The average molecular weight is 304 g/mol. The standard InChI is InChI=1S/C18H25FN2O/c1-20-10-6-16(7-11-20)18(22)21-12-8-15(9-13-21)14-2-4-17(19)5-3-14/h2-5,15-16H,6-13H2,1H3. The monoisotopic (exact) mass is 304 g/mol. The molecule has 0 spiro atoms. The lowest BCUT2D eigenvalue weighted by Gasteiger charge is -2.36. The fraction of sp³-hybridized carbons (Fsp3) is 0.611. The summed E-state index contributed by atoms with van der Waals surface area (Å²) in [6.45, 7) is 3.74. The molecule has 0 saturated carbocycles. The highest BCUT2D eigenvalue weighted by Crippen LogP contribution is 2.29. The van der Waals surface area contributed by atoms with Crippen molar-refractivity contribution in [1.82, 2.24) is 9.80 Å². The van der Waals surface area contributed by atoms with Crippen LogP contribution in [0.3, 0.4) is 0 Å². The van der Waals surface area contributed by atoms with Crippen LogP contribution in [0.25, 0.3) is 0 Å². The van der Waals surface area contributed by atoms with E-state index in [1.807, 2.05) is 12.1 Å². The number of amides is 1. The Morgan fingerprint density at radius 3 is 2.18 bits per heavy atom. The SMILES string of the molecule is CN1CCC(C(=O)N2CCC(c3ccc(F)cc3)CC2)CC1. The van der Waals surface area contributed by atoms with Gasteiger partial charge in [-0.15, -0.1) is 0 Å². The Hall–Kier alpha value is -1.42. The first-order valence-electron chi connectivity index (χ1n) is 8.36. The average Bonchev–Trinajstić information content (AvgIpc) is 2.56. The van der Waals surface area contributed by atoms with E-state index in [1.54, 1.807) is 0 Å². The summed E-state index contributed by atoms with van der Waals surface area (Å²) in [5.41, 5.74) is 1.20. The van der Waals surface area contributed by atoms with Gasteiger partial charge in [-0.3, -0.25) is 4.79 Å². The van der Waals surface area contributed by atoms with Gasteiger partial charge >= 0.3 is 0 Å². The molecule has 22 heavy (non-hydrogen) atoms. The number of piperidine rings is 2. The highest BCUT2D eigenvalue weighted by Gasteiger charge is 2.30. The van der Waals surface area contributed by atoms with Gasteiger partial charge in [-0.2, -0.15) is 0 Å². The van der Waals surface area contributed by atoms with Crippen molar-refractivity contribution in [2.24, 2.45) is 5.92 Å². The molecular weight excluding hydrogens is 279 g/mol. The summed E-state index contributed by atoms with van der Waals surface area (Å²) in [5, 5.41) is 0. The molecule has 0 aliphatic carbocycles. The van der Waals surface area contributed by atoms with Crippen molar-refractivity contribution in [2.75, 3.05) is 33.2 Å². The molecule has 0 atom stereocenters. The molecule has 0 bridgehead atoms. The summed E-state index contributed by atoms with van der Waals surface area (Å²) in [4.78, 5) is 17.0. The third-order valence-electron chi connectivity index (χ3n) is 5.22. The lowest BCUT2D eigenvalue weighted by Crippen LogP contribution is -2.44. The van der Waals surface area contributed by atoms with Crippen LogP contribution < -0.4 is 0 Å².